The fraction of sp³-hybridized carbons (Fsp3) is 0.692. The molecular formula is C13H18N2O3S. The van der Waals surface area contributed by atoms with Crippen LogP contribution in [-0.2, 0) is 9.47 Å². The van der Waals surface area contributed by atoms with Crippen molar-refractivity contribution >= 4 is 17.2 Å². The predicted molar refractivity (Wildman–Crippen MR) is 71.0 cm³/mol. The van der Waals surface area contributed by atoms with Gasteiger partial charge in [0.2, 0.25) is 6.29 Å². The molecule has 104 valence electrons. The van der Waals surface area contributed by atoms with Crippen molar-refractivity contribution in [2.75, 3.05) is 19.8 Å². The molecule has 2 aliphatic rings. The summed E-state index contributed by atoms with van der Waals surface area (Å²) in [4.78, 5) is 16.8. The van der Waals surface area contributed by atoms with Crippen LogP contribution >= 0.6 is 11.3 Å². The minimum absolute atomic E-state index is 0.0384. The van der Waals surface area contributed by atoms with Crippen LogP contribution in [0, 0.1) is 11.8 Å². The molecule has 1 saturated carbocycles. The maximum atomic E-state index is 12.0. The van der Waals surface area contributed by atoms with E-state index in [1.807, 2.05) is 0 Å². The Morgan fingerprint density at radius 2 is 2.26 bits per heavy atom. The number of hydrogen-bond donors (Lipinski definition) is 1. The summed E-state index contributed by atoms with van der Waals surface area (Å²) in [5.74, 6) is 1.43. The number of carbonyl (C=O) groups is 1. The average Bonchev–Trinajstić information content (AvgIpc) is 2.87. The number of nitrogens with zero attached hydrogens (tertiary/aromatic N) is 1. The Balaban J connectivity index is 1.52. The van der Waals surface area contributed by atoms with Crippen LogP contribution in [0.5, 0.6) is 0 Å². The van der Waals surface area contributed by atoms with Gasteiger partial charge in [-0.15, -0.1) is 11.3 Å². The Labute approximate surface area is 116 Å². The maximum absolute atomic E-state index is 12.0. The first kappa shape index (κ1) is 13.0. The lowest BCUT2D eigenvalue weighted by molar-refractivity contribution is -0.0442. The molecule has 1 amide bonds. The fourth-order valence-corrected chi connectivity index (χ4v) is 3.21. The SMILES string of the molecule is CC[C@@H]1C[C@H]1CNC(=O)c1cnc(C2OCCO2)s1. The van der Waals surface area contributed by atoms with E-state index < -0.39 is 0 Å². The molecule has 1 aromatic heterocycles. The molecule has 0 bridgehead atoms. The van der Waals surface area contributed by atoms with E-state index in [1.54, 1.807) is 6.20 Å². The van der Waals surface area contributed by atoms with Crippen LogP contribution in [0.2, 0.25) is 0 Å². The van der Waals surface area contributed by atoms with Crippen LogP contribution < -0.4 is 5.32 Å². The standard InChI is InChI=1S/C13H18N2O3S/c1-2-8-5-9(8)6-14-11(16)10-7-15-12(19-10)13-17-3-4-18-13/h7-9,13H,2-6H2,1H3,(H,14,16)/t8-,9+/m1/s1. The predicted octanol–water partition coefficient (Wildman–Crippen LogP) is 1.96. The van der Waals surface area contributed by atoms with E-state index >= 15 is 0 Å². The second kappa shape index (κ2) is 5.56. The van der Waals surface area contributed by atoms with E-state index in [1.165, 1.54) is 24.2 Å². The van der Waals surface area contributed by atoms with Crippen molar-refractivity contribution in [3.05, 3.63) is 16.1 Å². The Hall–Kier alpha value is -0.980. The first-order valence-corrected chi connectivity index (χ1v) is 7.56. The number of nitrogens with one attached hydrogen (secondary N) is 1. The van der Waals surface area contributed by atoms with Gasteiger partial charge in [-0.25, -0.2) is 4.98 Å². The second-order valence-corrected chi connectivity index (χ2v) is 6.07. The van der Waals surface area contributed by atoms with E-state index in [-0.39, 0.29) is 12.2 Å². The summed E-state index contributed by atoms with van der Waals surface area (Å²) in [6.45, 7) is 4.16. The monoisotopic (exact) mass is 282 g/mol. The summed E-state index contributed by atoms with van der Waals surface area (Å²) >= 11 is 1.34. The number of aromatic nitrogens is 1. The third-order valence-electron chi connectivity index (χ3n) is 3.69. The lowest BCUT2D eigenvalue weighted by Gasteiger charge is -2.03. The minimum Gasteiger partial charge on any atom is -0.351 e. The van der Waals surface area contributed by atoms with E-state index in [9.17, 15) is 4.79 Å². The summed E-state index contributed by atoms with van der Waals surface area (Å²) in [6.07, 6.45) is 3.67. The van der Waals surface area contributed by atoms with Crippen molar-refractivity contribution in [3.8, 4) is 0 Å². The molecule has 6 heteroatoms. The topological polar surface area (TPSA) is 60.5 Å². The number of ether oxygens (including phenoxy) is 2. The maximum Gasteiger partial charge on any atom is 0.263 e. The summed E-state index contributed by atoms with van der Waals surface area (Å²) in [5, 5.41) is 3.70. The zero-order valence-electron chi connectivity index (χ0n) is 10.9. The highest BCUT2D eigenvalue weighted by atomic mass is 32.1. The van der Waals surface area contributed by atoms with Crippen molar-refractivity contribution in [1.82, 2.24) is 10.3 Å². The molecule has 1 N–H and O–H groups in total. The van der Waals surface area contributed by atoms with Crippen LogP contribution in [0.15, 0.2) is 6.20 Å². The van der Waals surface area contributed by atoms with E-state index in [0.717, 1.165) is 17.5 Å². The molecule has 0 unspecified atom stereocenters. The van der Waals surface area contributed by atoms with Crippen LogP contribution in [0.3, 0.4) is 0 Å². The molecule has 2 atom stereocenters. The summed E-state index contributed by atoms with van der Waals surface area (Å²) < 4.78 is 10.7. The Morgan fingerprint density at radius 1 is 1.47 bits per heavy atom. The molecule has 0 spiro atoms. The number of amides is 1. The van der Waals surface area contributed by atoms with Crippen LogP contribution in [0.25, 0.3) is 0 Å². The highest BCUT2D eigenvalue weighted by Gasteiger charge is 2.35. The van der Waals surface area contributed by atoms with E-state index in [0.29, 0.717) is 24.0 Å². The number of rotatable bonds is 5. The highest BCUT2D eigenvalue weighted by molar-refractivity contribution is 7.13. The molecule has 1 saturated heterocycles. The zero-order chi connectivity index (χ0) is 13.2. The summed E-state index contributed by atoms with van der Waals surface area (Å²) in [7, 11) is 0. The van der Waals surface area contributed by atoms with Crippen LogP contribution in [0.1, 0.15) is 40.7 Å². The first-order chi connectivity index (χ1) is 9.28. The molecule has 1 aromatic rings. The Bertz CT molecular complexity index is 456. The van der Waals surface area contributed by atoms with Crippen molar-refractivity contribution in [2.24, 2.45) is 11.8 Å². The van der Waals surface area contributed by atoms with Gasteiger partial charge in [0.25, 0.3) is 5.91 Å². The molecule has 3 rings (SSSR count). The molecule has 5 nitrogen and oxygen atoms in total. The fourth-order valence-electron chi connectivity index (χ4n) is 2.37. The van der Waals surface area contributed by atoms with Crippen molar-refractivity contribution in [2.45, 2.75) is 26.1 Å². The first-order valence-electron chi connectivity index (χ1n) is 6.75. The van der Waals surface area contributed by atoms with E-state index in [2.05, 4.69) is 17.2 Å². The zero-order valence-corrected chi connectivity index (χ0v) is 11.7. The van der Waals surface area contributed by atoms with Crippen molar-refractivity contribution in [3.63, 3.8) is 0 Å². The molecule has 0 aromatic carbocycles. The second-order valence-electron chi connectivity index (χ2n) is 5.01. The molecule has 0 radical (unpaired) electrons. The lowest BCUT2D eigenvalue weighted by Crippen LogP contribution is -2.25. The molecule has 1 aliphatic heterocycles. The van der Waals surface area contributed by atoms with Gasteiger partial charge in [0.1, 0.15) is 9.88 Å². The van der Waals surface area contributed by atoms with Crippen molar-refractivity contribution in [1.29, 1.82) is 0 Å². The van der Waals surface area contributed by atoms with Gasteiger partial charge in [-0.1, -0.05) is 13.3 Å². The van der Waals surface area contributed by atoms with Gasteiger partial charge >= 0.3 is 0 Å². The quantitative estimate of drug-likeness (QED) is 0.897. The van der Waals surface area contributed by atoms with Gasteiger partial charge in [-0.3, -0.25) is 4.79 Å². The van der Waals surface area contributed by atoms with Crippen LogP contribution in [-0.4, -0.2) is 30.6 Å². The third kappa shape index (κ3) is 2.96. The number of carbonyl (C=O) groups excluding carboxylic acids is 1. The molecule has 2 fully saturated rings. The largest absolute Gasteiger partial charge is 0.351 e. The van der Waals surface area contributed by atoms with Crippen molar-refractivity contribution < 1.29 is 14.3 Å². The average molecular weight is 282 g/mol. The Kier molecular flexibility index (Phi) is 3.81. The summed E-state index contributed by atoms with van der Waals surface area (Å²) in [5.41, 5.74) is 0. The Morgan fingerprint density at radius 3 is 2.95 bits per heavy atom. The van der Waals surface area contributed by atoms with Crippen LogP contribution in [0.4, 0.5) is 0 Å². The van der Waals surface area contributed by atoms with Gasteiger partial charge in [-0.2, -0.15) is 0 Å². The van der Waals surface area contributed by atoms with Gasteiger partial charge in [0.15, 0.2) is 0 Å². The third-order valence-corrected chi connectivity index (χ3v) is 4.71. The minimum atomic E-state index is -0.389. The summed E-state index contributed by atoms with van der Waals surface area (Å²) in [6, 6.07) is 0. The molecular weight excluding hydrogens is 264 g/mol. The molecule has 19 heavy (non-hydrogen) atoms. The smallest absolute Gasteiger partial charge is 0.263 e. The van der Waals surface area contributed by atoms with Gasteiger partial charge in [-0.05, 0) is 18.3 Å². The molecule has 2 heterocycles. The van der Waals surface area contributed by atoms with Gasteiger partial charge < -0.3 is 14.8 Å². The number of hydrogen-bond acceptors (Lipinski definition) is 5. The van der Waals surface area contributed by atoms with Gasteiger partial charge in [0.05, 0.1) is 19.4 Å². The highest BCUT2D eigenvalue weighted by Crippen LogP contribution is 2.40. The van der Waals surface area contributed by atoms with Gasteiger partial charge in [0, 0.05) is 6.54 Å². The van der Waals surface area contributed by atoms with E-state index in [4.69, 9.17) is 9.47 Å². The number of thiazole rings is 1. The normalized spacial score (nSPS) is 26.6. The molecule has 1 aliphatic carbocycles. The lowest BCUT2D eigenvalue weighted by atomic mass is 10.2.